The molecule has 0 fully saturated rings. The third-order valence-electron chi connectivity index (χ3n) is 5.05. The second-order valence-electron chi connectivity index (χ2n) is 7.43. The van der Waals surface area contributed by atoms with Crippen LogP contribution in [-0.4, -0.2) is 22.7 Å². The molecule has 3 heteroatoms. The van der Waals surface area contributed by atoms with Crippen molar-refractivity contribution in [1.82, 2.24) is 0 Å². The van der Waals surface area contributed by atoms with E-state index in [0.717, 1.165) is 18.5 Å². The van der Waals surface area contributed by atoms with E-state index in [2.05, 4.69) is 58.6 Å². The highest BCUT2D eigenvalue weighted by atomic mass is 16.4. The molecule has 0 aromatic heterocycles. The van der Waals surface area contributed by atoms with Gasteiger partial charge in [-0.1, -0.05) is 26.3 Å². The van der Waals surface area contributed by atoms with Crippen molar-refractivity contribution in [2.75, 3.05) is 4.90 Å². The number of fused-ring (bicyclic) bond motifs is 1. The van der Waals surface area contributed by atoms with E-state index in [0.29, 0.717) is 12.3 Å². The summed E-state index contributed by atoms with van der Waals surface area (Å²) in [5, 5.41) is 9.76. The lowest BCUT2D eigenvalue weighted by Crippen LogP contribution is -2.56. The number of anilines is 1. The number of nitrogens with zero attached hydrogens (tertiary/aromatic N) is 1. The Balaban J connectivity index is 2.63. The number of aryl methyl sites for hydroxylation is 2. The summed E-state index contributed by atoms with van der Waals surface area (Å²) in [7, 11) is 0. The SMILES string of the molecule is CCC[C@H](C(=O)O)N1c2cc(C)c(C)cc2[C@@H](C)CC1(C)C. The molecule has 1 aromatic carbocycles. The lowest BCUT2D eigenvalue weighted by Gasteiger charge is -2.50. The number of carbonyl (C=O) groups is 1. The van der Waals surface area contributed by atoms with E-state index in [1.165, 1.54) is 16.7 Å². The predicted octanol–water partition coefficient (Wildman–Crippen LogP) is 4.65. The molecule has 2 atom stereocenters. The minimum absolute atomic E-state index is 0.146. The Kier molecular flexibility index (Phi) is 4.55. The molecule has 22 heavy (non-hydrogen) atoms. The summed E-state index contributed by atoms with van der Waals surface area (Å²) in [5.74, 6) is -0.259. The van der Waals surface area contributed by atoms with Gasteiger partial charge in [-0.2, -0.15) is 0 Å². The first-order valence-electron chi connectivity index (χ1n) is 8.32. The van der Waals surface area contributed by atoms with Crippen LogP contribution in [0.25, 0.3) is 0 Å². The minimum Gasteiger partial charge on any atom is -0.480 e. The molecular formula is C19H29NO2. The zero-order valence-corrected chi connectivity index (χ0v) is 14.7. The molecule has 1 aliphatic heterocycles. The Labute approximate surface area is 134 Å². The normalized spacial score (nSPS) is 21.4. The van der Waals surface area contributed by atoms with E-state index in [-0.39, 0.29) is 5.54 Å². The summed E-state index contributed by atoms with van der Waals surface area (Å²) in [6.45, 7) is 12.9. The number of rotatable bonds is 4. The number of benzene rings is 1. The molecule has 122 valence electrons. The van der Waals surface area contributed by atoms with Gasteiger partial charge in [0.2, 0.25) is 0 Å². The summed E-state index contributed by atoms with van der Waals surface area (Å²) >= 11 is 0. The average Bonchev–Trinajstić information content (AvgIpc) is 2.39. The Bertz CT molecular complexity index is 577. The Morgan fingerprint density at radius 2 is 1.95 bits per heavy atom. The molecule has 3 nitrogen and oxygen atoms in total. The molecule has 2 rings (SSSR count). The summed E-state index contributed by atoms with van der Waals surface area (Å²) in [4.78, 5) is 14.0. The number of hydrogen-bond donors (Lipinski definition) is 1. The van der Waals surface area contributed by atoms with Crippen molar-refractivity contribution >= 4 is 11.7 Å². The molecule has 0 unspecified atom stereocenters. The molecule has 0 saturated heterocycles. The van der Waals surface area contributed by atoms with Crippen molar-refractivity contribution in [2.24, 2.45) is 0 Å². The van der Waals surface area contributed by atoms with Crippen LogP contribution < -0.4 is 4.90 Å². The molecule has 0 spiro atoms. The van der Waals surface area contributed by atoms with Crippen molar-refractivity contribution in [3.8, 4) is 0 Å². The highest BCUT2D eigenvalue weighted by molar-refractivity contribution is 5.80. The first-order valence-corrected chi connectivity index (χ1v) is 8.32. The van der Waals surface area contributed by atoms with Gasteiger partial charge >= 0.3 is 5.97 Å². The molecule has 0 bridgehead atoms. The van der Waals surface area contributed by atoms with Crippen LogP contribution in [0.2, 0.25) is 0 Å². The first kappa shape index (κ1) is 16.9. The smallest absolute Gasteiger partial charge is 0.326 e. The molecule has 0 amide bonds. The van der Waals surface area contributed by atoms with E-state index in [1.807, 2.05) is 0 Å². The predicted molar refractivity (Wildman–Crippen MR) is 91.8 cm³/mol. The van der Waals surface area contributed by atoms with E-state index < -0.39 is 12.0 Å². The van der Waals surface area contributed by atoms with Gasteiger partial charge in [0.05, 0.1) is 0 Å². The molecule has 1 aromatic rings. The molecule has 0 radical (unpaired) electrons. The zero-order chi connectivity index (χ0) is 16.7. The average molecular weight is 303 g/mol. The highest BCUT2D eigenvalue weighted by Crippen LogP contribution is 2.45. The van der Waals surface area contributed by atoms with Gasteiger partial charge in [0.25, 0.3) is 0 Å². The van der Waals surface area contributed by atoms with Gasteiger partial charge in [0, 0.05) is 11.2 Å². The van der Waals surface area contributed by atoms with Gasteiger partial charge in [-0.05, 0) is 69.2 Å². The van der Waals surface area contributed by atoms with Gasteiger partial charge < -0.3 is 10.0 Å². The zero-order valence-electron chi connectivity index (χ0n) is 14.7. The van der Waals surface area contributed by atoms with Gasteiger partial charge in [-0.15, -0.1) is 0 Å². The second kappa shape index (κ2) is 5.94. The maximum Gasteiger partial charge on any atom is 0.326 e. The Morgan fingerprint density at radius 3 is 2.50 bits per heavy atom. The fourth-order valence-electron chi connectivity index (χ4n) is 3.94. The maximum absolute atomic E-state index is 11.9. The van der Waals surface area contributed by atoms with E-state index >= 15 is 0 Å². The molecule has 0 saturated carbocycles. The summed E-state index contributed by atoms with van der Waals surface area (Å²) < 4.78 is 0. The van der Waals surface area contributed by atoms with Crippen molar-refractivity contribution < 1.29 is 9.90 Å². The fourth-order valence-corrected chi connectivity index (χ4v) is 3.94. The largest absolute Gasteiger partial charge is 0.480 e. The summed E-state index contributed by atoms with van der Waals surface area (Å²) in [6, 6.07) is 3.99. The Morgan fingerprint density at radius 1 is 1.36 bits per heavy atom. The van der Waals surface area contributed by atoms with E-state index in [4.69, 9.17) is 0 Å². The topological polar surface area (TPSA) is 40.5 Å². The van der Waals surface area contributed by atoms with Crippen molar-refractivity contribution in [3.63, 3.8) is 0 Å². The molecule has 1 heterocycles. The first-order chi connectivity index (χ1) is 10.2. The summed E-state index contributed by atoms with van der Waals surface area (Å²) in [5.41, 5.74) is 4.78. The number of hydrogen-bond acceptors (Lipinski definition) is 2. The monoisotopic (exact) mass is 303 g/mol. The molecule has 1 aliphatic rings. The molecule has 1 N–H and O–H groups in total. The van der Waals surface area contributed by atoms with Gasteiger partial charge in [0.15, 0.2) is 0 Å². The maximum atomic E-state index is 11.9. The summed E-state index contributed by atoms with van der Waals surface area (Å²) in [6.07, 6.45) is 2.54. The van der Waals surface area contributed by atoms with Gasteiger partial charge in [-0.25, -0.2) is 4.79 Å². The Hall–Kier alpha value is -1.51. The lowest BCUT2D eigenvalue weighted by atomic mass is 9.78. The highest BCUT2D eigenvalue weighted by Gasteiger charge is 2.42. The van der Waals surface area contributed by atoms with Gasteiger partial charge in [0.1, 0.15) is 6.04 Å². The number of carboxylic acids is 1. The second-order valence-corrected chi connectivity index (χ2v) is 7.43. The van der Waals surface area contributed by atoms with Crippen LogP contribution >= 0.6 is 0 Å². The third kappa shape index (κ3) is 2.86. The third-order valence-corrected chi connectivity index (χ3v) is 5.05. The molecule has 0 aliphatic carbocycles. The quantitative estimate of drug-likeness (QED) is 0.880. The number of aliphatic carboxylic acids is 1. The standard InChI is InChI=1S/C19H29NO2/c1-7-8-16(18(21)22)20-17-10-13(3)12(2)9-15(17)14(4)11-19(20,5)6/h9-10,14,16H,7-8,11H2,1-6H3,(H,21,22)/t14-,16+/m0/s1. The van der Waals surface area contributed by atoms with Crippen LogP contribution in [0, 0.1) is 13.8 Å². The van der Waals surface area contributed by atoms with Crippen LogP contribution in [-0.2, 0) is 4.79 Å². The van der Waals surface area contributed by atoms with Crippen LogP contribution in [0.15, 0.2) is 12.1 Å². The van der Waals surface area contributed by atoms with Crippen molar-refractivity contribution in [2.45, 2.75) is 78.3 Å². The fraction of sp³-hybridized carbons (Fsp3) is 0.632. The van der Waals surface area contributed by atoms with Crippen molar-refractivity contribution in [1.29, 1.82) is 0 Å². The number of carboxylic acid groups (broad SMARTS) is 1. The van der Waals surface area contributed by atoms with Crippen LogP contribution in [0.4, 0.5) is 5.69 Å². The van der Waals surface area contributed by atoms with E-state index in [9.17, 15) is 9.90 Å². The van der Waals surface area contributed by atoms with Gasteiger partial charge in [-0.3, -0.25) is 0 Å². The lowest BCUT2D eigenvalue weighted by molar-refractivity contribution is -0.139. The molecular weight excluding hydrogens is 274 g/mol. The van der Waals surface area contributed by atoms with Crippen LogP contribution in [0.3, 0.4) is 0 Å². The van der Waals surface area contributed by atoms with Crippen LogP contribution in [0.1, 0.15) is 69.6 Å². The van der Waals surface area contributed by atoms with E-state index in [1.54, 1.807) is 0 Å². The van der Waals surface area contributed by atoms with Crippen LogP contribution in [0.5, 0.6) is 0 Å². The van der Waals surface area contributed by atoms with Crippen molar-refractivity contribution in [3.05, 3.63) is 28.8 Å². The minimum atomic E-state index is -0.714.